The van der Waals surface area contributed by atoms with Gasteiger partial charge in [0, 0.05) is 0 Å². The van der Waals surface area contributed by atoms with Crippen LogP contribution in [0.4, 0.5) is 0 Å². The molecule has 0 aliphatic carbocycles. The second-order valence-electron chi connectivity index (χ2n) is 2.01. The van der Waals surface area contributed by atoms with Gasteiger partial charge in [-0.05, 0) is 12.1 Å². The zero-order valence-electron chi connectivity index (χ0n) is 5.52. The molecular formula is C6H14N2. The Kier molecular flexibility index (Phi) is 4.36. The second-order valence-corrected chi connectivity index (χ2v) is 2.01. The van der Waals surface area contributed by atoms with Crippen LogP contribution in [0.2, 0.25) is 0 Å². The number of hydrogen-bond acceptors (Lipinski definition) is 2. The molecule has 3 N–H and O–H groups in total. The Balaban J connectivity index is 3.07. The number of allylic oxidation sites excluding steroid dienone is 1. The van der Waals surface area contributed by atoms with Gasteiger partial charge in [0.2, 0.25) is 0 Å². The number of nitrogens with one attached hydrogen (secondary N) is 1. The van der Waals surface area contributed by atoms with E-state index in [1.54, 1.807) is 0 Å². The van der Waals surface area contributed by atoms with Crippen LogP contribution in [0.3, 0.4) is 0 Å². The molecule has 0 aromatic heterocycles. The zero-order chi connectivity index (χ0) is 6.41. The van der Waals surface area contributed by atoms with Gasteiger partial charge in [0.15, 0.2) is 0 Å². The third kappa shape index (κ3) is 5.50. The highest BCUT2D eigenvalue weighted by Gasteiger charge is 1.79. The monoisotopic (exact) mass is 114 g/mol. The minimum Gasteiger partial charge on any atom is -0.379 e. The lowest BCUT2D eigenvalue weighted by Gasteiger charge is -1.94. The van der Waals surface area contributed by atoms with Crippen LogP contribution in [0.25, 0.3) is 0 Å². The summed E-state index contributed by atoms with van der Waals surface area (Å²) in [6, 6.07) is 0. The summed E-state index contributed by atoms with van der Waals surface area (Å²) >= 11 is 0. The number of nitrogens with two attached hydrogens (primary N) is 1. The average Bonchev–Trinajstić information content (AvgIpc) is 1.66. The van der Waals surface area contributed by atoms with Crippen LogP contribution >= 0.6 is 0 Å². The molecule has 48 valence electrons. The van der Waals surface area contributed by atoms with Crippen LogP contribution in [-0.4, -0.2) is 6.67 Å². The van der Waals surface area contributed by atoms with Crippen LogP contribution in [0, 0.1) is 5.92 Å². The number of hydrogen-bond donors (Lipinski definition) is 2. The van der Waals surface area contributed by atoms with E-state index >= 15 is 0 Å². The third-order valence-corrected chi connectivity index (χ3v) is 0.717. The van der Waals surface area contributed by atoms with E-state index in [1.165, 1.54) is 0 Å². The summed E-state index contributed by atoms with van der Waals surface area (Å²) in [4.78, 5) is 0. The van der Waals surface area contributed by atoms with Crippen LogP contribution in [0.1, 0.15) is 13.8 Å². The zero-order valence-corrected chi connectivity index (χ0v) is 5.52. The maximum absolute atomic E-state index is 5.15. The highest BCUT2D eigenvalue weighted by molar-refractivity contribution is 4.81. The van der Waals surface area contributed by atoms with E-state index in [0.29, 0.717) is 12.6 Å². The lowest BCUT2D eigenvalue weighted by atomic mass is 10.2. The maximum atomic E-state index is 5.15. The van der Waals surface area contributed by atoms with Gasteiger partial charge in [0.05, 0.1) is 6.67 Å². The predicted molar refractivity (Wildman–Crippen MR) is 36.2 cm³/mol. The summed E-state index contributed by atoms with van der Waals surface area (Å²) in [6.07, 6.45) is 3.94. The molecule has 0 atom stereocenters. The number of rotatable bonds is 3. The molecule has 0 heterocycles. The molecule has 0 aliphatic rings. The van der Waals surface area contributed by atoms with E-state index in [-0.39, 0.29) is 0 Å². The molecule has 2 nitrogen and oxygen atoms in total. The lowest BCUT2D eigenvalue weighted by molar-refractivity contribution is 0.804. The Morgan fingerprint density at radius 3 is 2.62 bits per heavy atom. The Hall–Kier alpha value is -0.500. The van der Waals surface area contributed by atoms with Crippen LogP contribution in [-0.2, 0) is 0 Å². The molecule has 0 aromatic rings. The van der Waals surface area contributed by atoms with Crippen LogP contribution in [0.5, 0.6) is 0 Å². The molecule has 0 unspecified atom stereocenters. The van der Waals surface area contributed by atoms with Gasteiger partial charge >= 0.3 is 0 Å². The molecule has 0 rings (SSSR count). The quantitative estimate of drug-likeness (QED) is 0.529. The average molecular weight is 114 g/mol. The van der Waals surface area contributed by atoms with Crippen molar-refractivity contribution in [1.82, 2.24) is 5.32 Å². The summed E-state index contributed by atoms with van der Waals surface area (Å²) in [5.74, 6) is 0.606. The molecule has 2 heteroatoms. The summed E-state index contributed by atoms with van der Waals surface area (Å²) in [6.45, 7) is 4.76. The molecule has 0 fully saturated rings. The molecule has 0 aromatic carbocycles. The minimum absolute atomic E-state index is 0.517. The van der Waals surface area contributed by atoms with Gasteiger partial charge in [-0.3, -0.25) is 0 Å². The topological polar surface area (TPSA) is 38.0 Å². The first-order chi connectivity index (χ1) is 3.77. The van der Waals surface area contributed by atoms with Crippen molar-refractivity contribution < 1.29 is 0 Å². The van der Waals surface area contributed by atoms with Crippen molar-refractivity contribution in [2.75, 3.05) is 6.67 Å². The fraction of sp³-hybridized carbons (Fsp3) is 0.667. The van der Waals surface area contributed by atoms with Crippen molar-refractivity contribution in [2.45, 2.75) is 13.8 Å². The SMILES string of the molecule is CC(C)/C=C\NCN. The van der Waals surface area contributed by atoms with Crippen molar-refractivity contribution in [2.24, 2.45) is 11.7 Å². The van der Waals surface area contributed by atoms with Gasteiger partial charge < -0.3 is 11.1 Å². The maximum Gasteiger partial charge on any atom is 0.0622 e. The molecule has 0 saturated carbocycles. The Morgan fingerprint density at radius 2 is 2.25 bits per heavy atom. The summed E-state index contributed by atoms with van der Waals surface area (Å²) < 4.78 is 0. The van der Waals surface area contributed by atoms with Gasteiger partial charge in [0.25, 0.3) is 0 Å². The van der Waals surface area contributed by atoms with E-state index in [9.17, 15) is 0 Å². The van der Waals surface area contributed by atoms with Crippen molar-refractivity contribution in [1.29, 1.82) is 0 Å². The highest BCUT2D eigenvalue weighted by Crippen LogP contribution is 1.90. The van der Waals surface area contributed by atoms with Crippen molar-refractivity contribution in [3.8, 4) is 0 Å². The fourth-order valence-corrected chi connectivity index (χ4v) is 0.329. The normalized spacial score (nSPS) is 11.0. The van der Waals surface area contributed by atoms with E-state index in [1.807, 2.05) is 6.20 Å². The Bertz CT molecular complexity index is 66.9. The summed E-state index contributed by atoms with van der Waals surface area (Å²) in [7, 11) is 0. The first-order valence-electron chi connectivity index (χ1n) is 2.87. The second kappa shape index (κ2) is 4.65. The van der Waals surface area contributed by atoms with Crippen molar-refractivity contribution >= 4 is 0 Å². The van der Waals surface area contributed by atoms with Gasteiger partial charge in [0.1, 0.15) is 0 Å². The third-order valence-electron chi connectivity index (χ3n) is 0.717. The van der Waals surface area contributed by atoms with Gasteiger partial charge in [-0.2, -0.15) is 0 Å². The van der Waals surface area contributed by atoms with E-state index in [2.05, 4.69) is 25.2 Å². The Labute approximate surface area is 50.8 Å². The van der Waals surface area contributed by atoms with Gasteiger partial charge in [-0.15, -0.1) is 0 Å². The van der Waals surface area contributed by atoms with Crippen LogP contribution in [0.15, 0.2) is 12.3 Å². The molecule has 0 radical (unpaired) electrons. The molecule has 0 aliphatic heterocycles. The smallest absolute Gasteiger partial charge is 0.0622 e. The van der Waals surface area contributed by atoms with Crippen LogP contribution < -0.4 is 11.1 Å². The standard InChI is InChI=1S/C6H14N2/c1-6(2)3-4-8-5-7/h3-4,6,8H,5,7H2,1-2H3/b4-3-. The molecule has 8 heavy (non-hydrogen) atoms. The van der Waals surface area contributed by atoms with Crippen molar-refractivity contribution in [3.05, 3.63) is 12.3 Å². The molecule has 0 amide bonds. The lowest BCUT2D eigenvalue weighted by Crippen LogP contribution is -2.15. The molecular weight excluding hydrogens is 100 g/mol. The summed E-state index contributed by atoms with van der Waals surface area (Å²) in [5.41, 5.74) is 5.15. The molecule has 0 bridgehead atoms. The highest BCUT2D eigenvalue weighted by atomic mass is 14.9. The fourth-order valence-electron chi connectivity index (χ4n) is 0.329. The molecule has 0 saturated heterocycles. The predicted octanol–water partition coefficient (Wildman–Crippen LogP) is 0.662. The first-order valence-corrected chi connectivity index (χ1v) is 2.87. The van der Waals surface area contributed by atoms with Gasteiger partial charge in [-0.1, -0.05) is 19.9 Å². The Morgan fingerprint density at radius 1 is 1.62 bits per heavy atom. The largest absolute Gasteiger partial charge is 0.379 e. The first kappa shape index (κ1) is 7.50. The minimum atomic E-state index is 0.517. The van der Waals surface area contributed by atoms with Crippen molar-refractivity contribution in [3.63, 3.8) is 0 Å². The van der Waals surface area contributed by atoms with E-state index in [4.69, 9.17) is 5.73 Å². The summed E-state index contributed by atoms with van der Waals surface area (Å²) in [5, 5.41) is 2.88. The van der Waals surface area contributed by atoms with E-state index in [0.717, 1.165) is 0 Å². The van der Waals surface area contributed by atoms with E-state index < -0.39 is 0 Å². The molecule has 0 spiro atoms. The van der Waals surface area contributed by atoms with Gasteiger partial charge in [-0.25, -0.2) is 0 Å².